The Bertz CT molecular complexity index is 1120. The number of piperazine rings is 1. The molecule has 3 heterocycles. The molecule has 0 radical (unpaired) electrons. The minimum absolute atomic E-state index is 0.167. The van der Waals surface area contributed by atoms with Crippen LogP contribution in [0.15, 0.2) is 33.6 Å². The van der Waals surface area contributed by atoms with Crippen molar-refractivity contribution in [3.05, 3.63) is 62.4 Å². The van der Waals surface area contributed by atoms with E-state index in [1.807, 2.05) is 12.1 Å². The molecule has 0 bridgehead atoms. The van der Waals surface area contributed by atoms with Crippen LogP contribution >= 0.6 is 11.6 Å². The van der Waals surface area contributed by atoms with Crippen LogP contribution in [0.1, 0.15) is 27.5 Å². The number of hydrogen-bond donors (Lipinski definition) is 1. The van der Waals surface area contributed by atoms with Gasteiger partial charge in [-0.25, -0.2) is 5.10 Å². The zero-order chi connectivity index (χ0) is 21.3. The molecule has 1 aromatic carbocycles. The largest absolute Gasteiger partial charge is 0.338 e. The first kappa shape index (κ1) is 20.2. The van der Waals surface area contributed by atoms with Crippen molar-refractivity contribution in [3.8, 4) is 11.4 Å². The van der Waals surface area contributed by atoms with E-state index < -0.39 is 5.56 Å². The van der Waals surface area contributed by atoms with Crippen LogP contribution in [0.5, 0.6) is 0 Å². The van der Waals surface area contributed by atoms with Crippen molar-refractivity contribution in [2.24, 2.45) is 0 Å². The van der Waals surface area contributed by atoms with Gasteiger partial charge in [0.2, 0.25) is 11.7 Å². The molecule has 0 aliphatic carbocycles. The predicted molar refractivity (Wildman–Crippen MR) is 110 cm³/mol. The number of H-pyrrole nitrogens is 1. The Morgan fingerprint density at radius 3 is 2.57 bits per heavy atom. The van der Waals surface area contributed by atoms with Gasteiger partial charge in [-0.05, 0) is 43.7 Å². The van der Waals surface area contributed by atoms with E-state index in [1.54, 1.807) is 30.9 Å². The minimum Gasteiger partial charge on any atom is -0.338 e. The van der Waals surface area contributed by atoms with Crippen molar-refractivity contribution in [3.63, 3.8) is 0 Å². The fraction of sp³-hybridized carbons (Fsp3) is 0.350. The molecule has 0 spiro atoms. The van der Waals surface area contributed by atoms with Crippen molar-refractivity contribution in [2.75, 3.05) is 26.2 Å². The highest BCUT2D eigenvalue weighted by Crippen LogP contribution is 2.19. The van der Waals surface area contributed by atoms with Gasteiger partial charge in [0.25, 0.3) is 11.5 Å². The lowest BCUT2D eigenvalue weighted by atomic mass is 10.1. The summed E-state index contributed by atoms with van der Waals surface area (Å²) >= 11 is 5.91. The molecule has 0 atom stereocenters. The molecule has 30 heavy (non-hydrogen) atoms. The van der Waals surface area contributed by atoms with E-state index in [9.17, 15) is 9.59 Å². The maximum absolute atomic E-state index is 12.9. The summed E-state index contributed by atoms with van der Waals surface area (Å²) in [4.78, 5) is 33.2. The maximum Gasteiger partial charge on any atom is 0.277 e. The highest BCUT2D eigenvalue weighted by Gasteiger charge is 2.26. The Morgan fingerprint density at radius 1 is 1.17 bits per heavy atom. The molecule has 4 rings (SSSR count). The van der Waals surface area contributed by atoms with Crippen LogP contribution in [0.4, 0.5) is 0 Å². The summed E-state index contributed by atoms with van der Waals surface area (Å²) in [5.74, 6) is 0.761. The first-order chi connectivity index (χ1) is 14.4. The second-order valence-electron chi connectivity index (χ2n) is 7.23. The normalized spacial score (nSPS) is 14.8. The average molecular weight is 429 g/mol. The van der Waals surface area contributed by atoms with Crippen LogP contribution in [0, 0.1) is 13.8 Å². The molecule has 1 aliphatic rings. The number of hydrogen-bond acceptors (Lipinski definition) is 7. The molecule has 0 saturated carbocycles. The maximum atomic E-state index is 12.9. The number of rotatable bonds is 4. The van der Waals surface area contributed by atoms with Crippen LogP contribution in [-0.4, -0.2) is 62.2 Å². The molecule has 3 aromatic rings. The third-order valence-corrected chi connectivity index (χ3v) is 5.52. The van der Waals surface area contributed by atoms with Gasteiger partial charge in [0.1, 0.15) is 5.56 Å². The smallest absolute Gasteiger partial charge is 0.277 e. The number of carbonyl (C=O) groups is 1. The summed E-state index contributed by atoms with van der Waals surface area (Å²) in [6, 6.07) is 7.23. The SMILES string of the molecule is Cc1n[nH]c(=O)c(C(=O)N2CCN(Cc3nc(-c4ccc(Cl)cc4)no3)CC2)c1C. The Morgan fingerprint density at radius 2 is 1.87 bits per heavy atom. The van der Waals surface area contributed by atoms with E-state index in [-0.39, 0.29) is 11.5 Å². The number of amides is 1. The van der Waals surface area contributed by atoms with Crippen molar-refractivity contribution in [1.29, 1.82) is 0 Å². The standard InChI is InChI=1S/C20H21ClN6O3/c1-12-13(2)23-24-19(28)17(12)20(29)27-9-7-26(8-10-27)11-16-22-18(25-30-16)14-3-5-15(21)6-4-14/h3-6H,7-11H2,1-2H3,(H,24,28). The van der Waals surface area contributed by atoms with E-state index in [0.29, 0.717) is 60.7 Å². The van der Waals surface area contributed by atoms with E-state index in [0.717, 1.165) is 5.56 Å². The molecule has 2 aromatic heterocycles. The van der Waals surface area contributed by atoms with E-state index in [1.165, 1.54) is 0 Å². The first-order valence-corrected chi connectivity index (χ1v) is 9.96. The van der Waals surface area contributed by atoms with Gasteiger partial charge in [0, 0.05) is 36.8 Å². The number of aryl methyl sites for hydroxylation is 1. The summed E-state index contributed by atoms with van der Waals surface area (Å²) in [6.45, 7) is 6.32. The molecule has 1 N–H and O–H groups in total. The van der Waals surface area contributed by atoms with Crippen LogP contribution in [0.25, 0.3) is 11.4 Å². The summed E-state index contributed by atoms with van der Waals surface area (Å²) < 4.78 is 5.37. The lowest BCUT2D eigenvalue weighted by Gasteiger charge is -2.34. The lowest BCUT2D eigenvalue weighted by Crippen LogP contribution is -2.49. The summed E-state index contributed by atoms with van der Waals surface area (Å²) in [6.07, 6.45) is 0. The molecule has 1 aliphatic heterocycles. The van der Waals surface area contributed by atoms with E-state index in [4.69, 9.17) is 16.1 Å². The van der Waals surface area contributed by atoms with Gasteiger partial charge in [-0.1, -0.05) is 16.8 Å². The fourth-order valence-corrected chi connectivity index (χ4v) is 3.50. The Kier molecular flexibility index (Phi) is 5.65. The molecular formula is C20H21ClN6O3. The number of nitrogens with one attached hydrogen (secondary N) is 1. The number of aromatic nitrogens is 4. The summed E-state index contributed by atoms with van der Waals surface area (Å²) in [5.41, 5.74) is 1.81. The highest BCUT2D eigenvalue weighted by atomic mass is 35.5. The van der Waals surface area contributed by atoms with Crippen LogP contribution in [0.3, 0.4) is 0 Å². The molecule has 10 heteroatoms. The third kappa shape index (κ3) is 4.12. The zero-order valence-electron chi connectivity index (χ0n) is 16.7. The van der Waals surface area contributed by atoms with Crippen molar-refractivity contribution >= 4 is 17.5 Å². The molecule has 9 nitrogen and oxygen atoms in total. The predicted octanol–water partition coefficient (Wildman–Crippen LogP) is 2.05. The van der Waals surface area contributed by atoms with Crippen molar-refractivity contribution < 1.29 is 9.32 Å². The summed E-state index contributed by atoms with van der Waals surface area (Å²) in [5, 5.41) is 11.0. The Hall–Kier alpha value is -3.04. The summed E-state index contributed by atoms with van der Waals surface area (Å²) in [7, 11) is 0. The minimum atomic E-state index is -0.453. The second kappa shape index (κ2) is 8.37. The Labute approximate surface area is 177 Å². The van der Waals surface area contributed by atoms with E-state index in [2.05, 4.69) is 25.2 Å². The van der Waals surface area contributed by atoms with Gasteiger partial charge in [0.05, 0.1) is 12.2 Å². The molecular weight excluding hydrogens is 408 g/mol. The van der Waals surface area contributed by atoms with Gasteiger partial charge in [-0.15, -0.1) is 0 Å². The highest BCUT2D eigenvalue weighted by molar-refractivity contribution is 6.30. The zero-order valence-corrected chi connectivity index (χ0v) is 17.4. The quantitative estimate of drug-likeness (QED) is 0.677. The molecule has 156 valence electrons. The molecule has 1 amide bonds. The van der Waals surface area contributed by atoms with Gasteiger partial charge in [0.15, 0.2) is 0 Å². The number of nitrogens with zero attached hydrogens (tertiary/aromatic N) is 5. The van der Waals surface area contributed by atoms with Gasteiger partial charge < -0.3 is 9.42 Å². The van der Waals surface area contributed by atoms with Gasteiger partial charge >= 0.3 is 0 Å². The van der Waals surface area contributed by atoms with Gasteiger partial charge in [-0.2, -0.15) is 10.1 Å². The molecule has 1 fully saturated rings. The van der Waals surface area contributed by atoms with E-state index >= 15 is 0 Å². The molecule has 0 unspecified atom stereocenters. The second-order valence-corrected chi connectivity index (χ2v) is 7.66. The molecule has 1 saturated heterocycles. The van der Waals surface area contributed by atoms with Crippen LogP contribution in [0.2, 0.25) is 5.02 Å². The monoisotopic (exact) mass is 428 g/mol. The van der Waals surface area contributed by atoms with Crippen molar-refractivity contribution in [2.45, 2.75) is 20.4 Å². The number of halogens is 1. The van der Waals surface area contributed by atoms with Crippen LogP contribution in [-0.2, 0) is 6.54 Å². The number of carbonyl (C=O) groups excluding carboxylic acids is 1. The number of aromatic amines is 1. The third-order valence-electron chi connectivity index (χ3n) is 5.27. The first-order valence-electron chi connectivity index (χ1n) is 9.58. The Balaban J connectivity index is 1.38. The van der Waals surface area contributed by atoms with Crippen LogP contribution < -0.4 is 5.56 Å². The van der Waals surface area contributed by atoms with Crippen molar-refractivity contribution in [1.82, 2.24) is 30.1 Å². The average Bonchev–Trinajstić information content (AvgIpc) is 3.20. The topological polar surface area (TPSA) is 108 Å². The number of benzene rings is 1. The van der Waals surface area contributed by atoms with Gasteiger partial charge in [-0.3, -0.25) is 14.5 Å². The fourth-order valence-electron chi connectivity index (χ4n) is 3.38. The lowest BCUT2D eigenvalue weighted by molar-refractivity contribution is 0.0612.